The van der Waals surface area contributed by atoms with Gasteiger partial charge in [-0.3, -0.25) is 4.79 Å². The van der Waals surface area contributed by atoms with Crippen molar-refractivity contribution < 1.29 is 23.9 Å². The Hall–Kier alpha value is -1.79. The van der Waals surface area contributed by atoms with E-state index in [0.717, 1.165) is 0 Å². The van der Waals surface area contributed by atoms with Crippen LogP contribution in [0.2, 0.25) is 0 Å². The molecule has 7 heteroatoms. The Morgan fingerprint density at radius 1 is 0.800 bits per heavy atom. The molecule has 0 aliphatic carbocycles. The summed E-state index contributed by atoms with van der Waals surface area (Å²) in [6.45, 7) is 16.0. The zero-order valence-electron chi connectivity index (χ0n) is 16.9. The van der Waals surface area contributed by atoms with Crippen molar-refractivity contribution in [3.63, 3.8) is 0 Å². The van der Waals surface area contributed by atoms with Crippen LogP contribution in [-0.2, 0) is 19.1 Å². The van der Waals surface area contributed by atoms with Crippen LogP contribution in [0.15, 0.2) is 0 Å². The smallest absolute Gasteiger partial charge is 0.408 e. The first-order valence-electron chi connectivity index (χ1n) is 8.75. The van der Waals surface area contributed by atoms with Gasteiger partial charge in [0.15, 0.2) is 0 Å². The van der Waals surface area contributed by atoms with E-state index >= 15 is 0 Å². The molecule has 0 spiro atoms. The van der Waals surface area contributed by atoms with Crippen molar-refractivity contribution in [3.8, 4) is 0 Å². The molecule has 2 amide bonds. The Labute approximate surface area is 151 Å². The third-order valence-electron chi connectivity index (χ3n) is 3.19. The summed E-state index contributed by atoms with van der Waals surface area (Å²) in [5.41, 5.74) is -0.663. The molecule has 0 saturated heterocycles. The molecule has 2 unspecified atom stereocenters. The Morgan fingerprint density at radius 2 is 1.28 bits per heavy atom. The molecule has 0 aliphatic heterocycles. The monoisotopic (exact) mass is 358 g/mol. The molecule has 0 aliphatic rings. The van der Waals surface area contributed by atoms with Crippen LogP contribution < -0.4 is 10.6 Å². The lowest BCUT2D eigenvalue weighted by molar-refractivity contribution is -0.153. The largest absolute Gasteiger partial charge is 0.461 e. The maximum Gasteiger partial charge on any atom is 0.408 e. The summed E-state index contributed by atoms with van der Waals surface area (Å²) in [5.74, 6) is -1.26. The van der Waals surface area contributed by atoms with Crippen LogP contribution in [0.5, 0.6) is 0 Å². The molecule has 0 heterocycles. The standard InChI is InChI=1S/C18H34N2O5/c1-10(2)13(20-17(23)25-18(7,8)9)15(21)19-14(11(3)4)16(22)24-12(5)6/h10-14H,1-9H3,(H,19,21)(H,20,23). The fourth-order valence-corrected chi connectivity index (χ4v) is 2.02. The van der Waals surface area contributed by atoms with Crippen molar-refractivity contribution in [2.45, 2.75) is 86.1 Å². The van der Waals surface area contributed by atoms with E-state index < -0.39 is 35.7 Å². The number of carbonyl (C=O) groups is 3. The summed E-state index contributed by atoms with van der Waals surface area (Å²) in [7, 11) is 0. The molecule has 0 aromatic rings. The van der Waals surface area contributed by atoms with Crippen LogP contribution in [0.3, 0.4) is 0 Å². The number of ether oxygens (including phenoxy) is 2. The lowest BCUT2D eigenvalue weighted by Gasteiger charge is -2.28. The van der Waals surface area contributed by atoms with Gasteiger partial charge in [-0.25, -0.2) is 9.59 Å². The minimum Gasteiger partial charge on any atom is -0.461 e. The summed E-state index contributed by atoms with van der Waals surface area (Å²) in [6, 6.07) is -1.60. The number of alkyl carbamates (subject to hydrolysis) is 1. The predicted molar refractivity (Wildman–Crippen MR) is 96.0 cm³/mol. The van der Waals surface area contributed by atoms with Crippen molar-refractivity contribution in [2.24, 2.45) is 11.8 Å². The average molecular weight is 358 g/mol. The molecule has 25 heavy (non-hydrogen) atoms. The Kier molecular flexibility index (Phi) is 8.94. The molecule has 0 aromatic carbocycles. The highest BCUT2D eigenvalue weighted by atomic mass is 16.6. The van der Waals surface area contributed by atoms with E-state index in [4.69, 9.17) is 9.47 Å². The molecule has 0 aromatic heterocycles. The first kappa shape index (κ1) is 23.2. The molecule has 0 bridgehead atoms. The topological polar surface area (TPSA) is 93.7 Å². The van der Waals surface area contributed by atoms with Crippen LogP contribution in [-0.4, -0.2) is 41.8 Å². The van der Waals surface area contributed by atoms with Gasteiger partial charge in [0, 0.05) is 0 Å². The minimum atomic E-state index is -0.817. The molecule has 2 atom stereocenters. The first-order chi connectivity index (χ1) is 11.2. The van der Waals surface area contributed by atoms with E-state index in [9.17, 15) is 14.4 Å². The van der Waals surface area contributed by atoms with Crippen LogP contribution >= 0.6 is 0 Å². The Morgan fingerprint density at radius 3 is 1.64 bits per heavy atom. The predicted octanol–water partition coefficient (Wildman–Crippen LogP) is 2.63. The number of hydrogen-bond donors (Lipinski definition) is 2. The third-order valence-corrected chi connectivity index (χ3v) is 3.19. The lowest BCUT2D eigenvalue weighted by Crippen LogP contribution is -2.55. The normalized spacial score (nSPS) is 14.2. The zero-order chi connectivity index (χ0) is 19.9. The van der Waals surface area contributed by atoms with Crippen LogP contribution in [0.4, 0.5) is 4.79 Å². The van der Waals surface area contributed by atoms with Gasteiger partial charge >= 0.3 is 12.1 Å². The number of carbonyl (C=O) groups excluding carboxylic acids is 3. The van der Waals surface area contributed by atoms with E-state index in [1.807, 2.05) is 13.8 Å². The Balaban J connectivity index is 5.07. The highest BCUT2D eigenvalue weighted by Gasteiger charge is 2.32. The minimum absolute atomic E-state index is 0.149. The van der Waals surface area contributed by atoms with Crippen molar-refractivity contribution >= 4 is 18.0 Å². The van der Waals surface area contributed by atoms with E-state index in [1.165, 1.54) is 0 Å². The van der Waals surface area contributed by atoms with Gasteiger partial charge in [-0.2, -0.15) is 0 Å². The Bertz CT molecular complexity index is 467. The maximum atomic E-state index is 12.6. The molecule has 0 fully saturated rings. The van der Waals surface area contributed by atoms with Gasteiger partial charge in [-0.05, 0) is 46.5 Å². The molecular weight excluding hydrogens is 324 g/mol. The SMILES string of the molecule is CC(C)OC(=O)C(NC(=O)C(NC(=O)OC(C)(C)C)C(C)C)C(C)C. The number of esters is 1. The van der Waals surface area contributed by atoms with Crippen LogP contribution in [0.25, 0.3) is 0 Å². The van der Waals surface area contributed by atoms with Gasteiger partial charge in [0.1, 0.15) is 17.7 Å². The maximum absolute atomic E-state index is 12.6. The molecule has 0 rings (SSSR count). The second-order valence-corrected chi connectivity index (χ2v) is 8.08. The second kappa shape index (κ2) is 9.63. The van der Waals surface area contributed by atoms with Crippen molar-refractivity contribution in [2.75, 3.05) is 0 Å². The third kappa shape index (κ3) is 9.31. The van der Waals surface area contributed by atoms with Crippen LogP contribution in [0.1, 0.15) is 62.3 Å². The van der Waals surface area contributed by atoms with Gasteiger partial charge < -0.3 is 20.1 Å². The van der Waals surface area contributed by atoms with Gasteiger partial charge in [-0.1, -0.05) is 27.7 Å². The number of nitrogens with one attached hydrogen (secondary N) is 2. The molecule has 146 valence electrons. The van der Waals surface area contributed by atoms with Crippen LogP contribution in [0, 0.1) is 11.8 Å². The second-order valence-electron chi connectivity index (χ2n) is 8.08. The lowest BCUT2D eigenvalue weighted by atomic mass is 10.0. The summed E-state index contributed by atoms with van der Waals surface area (Å²) in [5, 5.41) is 5.26. The average Bonchev–Trinajstić information content (AvgIpc) is 2.38. The zero-order valence-corrected chi connectivity index (χ0v) is 16.9. The van der Waals surface area contributed by atoms with Crippen molar-refractivity contribution in [3.05, 3.63) is 0 Å². The van der Waals surface area contributed by atoms with Crippen molar-refractivity contribution in [1.29, 1.82) is 0 Å². The highest BCUT2D eigenvalue weighted by molar-refractivity contribution is 5.90. The fourth-order valence-electron chi connectivity index (χ4n) is 2.02. The van der Waals surface area contributed by atoms with E-state index in [0.29, 0.717) is 0 Å². The fraction of sp³-hybridized carbons (Fsp3) is 0.833. The quantitative estimate of drug-likeness (QED) is 0.682. The van der Waals surface area contributed by atoms with Crippen molar-refractivity contribution in [1.82, 2.24) is 10.6 Å². The van der Waals surface area contributed by atoms with Gasteiger partial charge in [0.25, 0.3) is 0 Å². The molecule has 0 saturated carbocycles. The molecule has 7 nitrogen and oxygen atoms in total. The van der Waals surface area contributed by atoms with Gasteiger partial charge in [0.2, 0.25) is 5.91 Å². The summed E-state index contributed by atoms with van der Waals surface area (Å²) in [4.78, 5) is 36.8. The summed E-state index contributed by atoms with van der Waals surface area (Å²) in [6.07, 6.45) is -0.946. The van der Waals surface area contributed by atoms with Gasteiger partial charge in [0.05, 0.1) is 6.10 Å². The molecular formula is C18H34N2O5. The summed E-state index contributed by atoms with van der Waals surface area (Å²) < 4.78 is 10.4. The number of hydrogen-bond acceptors (Lipinski definition) is 5. The number of amides is 2. The van der Waals surface area contributed by atoms with Gasteiger partial charge in [-0.15, -0.1) is 0 Å². The van der Waals surface area contributed by atoms with E-state index in [-0.39, 0.29) is 17.9 Å². The van der Waals surface area contributed by atoms with E-state index in [2.05, 4.69) is 10.6 Å². The molecule has 0 radical (unpaired) electrons. The molecule has 2 N–H and O–H groups in total. The number of rotatable bonds is 7. The first-order valence-corrected chi connectivity index (χ1v) is 8.75. The highest BCUT2D eigenvalue weighted by Crippen LogP contribution is 2.11. The van der Waals surface area contributed by atoms with E-state index in [1.54, 1.807) is 48.5 Å². The summed E-state index contributed by atoms with van der Waals surface area (Å²) >= 11 is 0.